The number of rotatable bonds is 4. The first kappa shape index (κ1) is 15.0. The first-order valence-electron chi connectivity index (χ1n) is 6.03. The Bertz CT molecular complexity index is 697. The van der Waals surface area contributed by atoms with Crippen molar-refractivity contribution in [1.29, 1.82) is 0 Å². The molecule has 0 bridgehead atoms. The number of halogens is 2. The second-order valence-electron chi connectivity index (χ2n) is 4.14. The number of benzene rings is 2. The molecule has 0 N–H and O–H groups in total. The lowest BCUT2D eigenvalue weighted by atomic mass is 10.1. The van der Waals surface area contributed by atoms with Gasteiger partial charge in [0.05, 0.1) is 12.3 Å². The zero-order valence-corrected chi connectivity index (χ0v) is 12.0. The number of thiocarbonyl (C=S) groups is 1. The highest BCUT2D eigenvalue weighted by atomic mass is 32.1. The van der Waals surface area contributed by atoms with Crippen LogP contribution in [0.2, 0.25) is 0 Å². The number of methoxy groups -OCH3 is 1. The zero-order valence-electron chi connectivity index (χ0n) is 11.1. The third-order valence-electron chi connectivity index (χ3n) is 2.78. The molecular formula is C16H11F2NOS. The molecule has 2 nitrogen and oxygen atoms in total. The number of ether oxygens (including phenoxy) is 1. The molecule has 0 aromatic heterocycles. The van der Waals surface area contributed by atoms with Gasteiger partial charge in [-0.25, -0.2) is 8.78 Å². The summed E-state index contributed by atoms with van der Waals surface area (Å²) in [4.78, 5) is 3.36. The topological polar surface area (TPSA) is 21.6 Å². The lowest BCUT2D eigenvalue weighted by molar-refractivity contribution is 0.415. The number of isothiocyanates is 1. The molecule has 2 rings (SSSR count). The summed E-state index contributed by atoms with van der Waals surface area (Å²) >= 11 is 4.35. The van der Waals surface area contributed by atoms with Gasteiger partial charge in [0.25, 0.3) is 0 Å². The minimum Gasteiger partial charge on any atom is -0.497 e. The summed E-state index contributed by atoms with van der Waals surface area (Å²) < 4.78 is 32.4. The lowest BCUT2D eigenvalue weighted by Crippen LogP contribution is -1.85. The second-order valence-corrected chi connectivity index (χ2v) is 4.33. The minimum absolute atomic E-state index is 0.393. The van der Waals surface area contributed by atoms with E-state index in [0.29, 0.717) is 5.56 Å². The molecular weight excluding hydrogens is 292 g/mol. The monoisotopic (exact) mass is 303 g/mol. The molecule has 106 valence electrons. The molecule has 2 aromatic carbocycles. The summed E-state index contributed by atoms with van der Waals surface area (Å²) in [6.07, 6.45) is 3.36. The Hall–Kier alpha value is -2.36. The highest BCUT2D eigenvalue weighted by Crippen LogP contribution is 2.24. The van der Waals surface area contributed by atoms with Crippen LogP contribution in [-0.2, 0) is 0 Å². The van der Waals surface area contributed by atoms with E-state index in [1.165, 1.54) is 12.1 Å². The van der Waals surface area contributed by atoms with E-state index in [9.17, 15) is 8.78 Å². The van der Waals surface area contributed by atoms with Gasteiger partial charge in [0.15, 0.2) is 11.6 Å². The quantitative estimate of drug-likeness (QED) is 0.456. The summed E-state index contributed by atoms with van der Waals surface area (Å²) in [5.74, 6) is -0.810. The Morgan fingerprint density at radius 3 is 2.14 bits per heavy atom. The Morgan fingerprint density at radius 1 is 1.05 bits per heavy atom. The van der Waals surface area contributed by atoms with Gasteiger partial charge >= 0.3 is 0 Å². The largest absolute Gasteiger partial charge is 0.497 e. The molecule has 0 saturated carbocycles. The van der Waals surface area contributed by atoms with Crippen LogP contribution in [0, 0.1) is 11.6 Å². The SMILES string of the molecule is COc1ccc(C=Cc2cc(F)c(N=C=S)c(F)c2)cc1. The minimum atomic E-state index is -0.776. The normalized spacial score (nSPS) is 10.4. The van der Waals surface area contributed by atoms with Crippen LogP contribution >= 0.6 is 12.2 Å². The maximum Gasteiger partial charge on any atom is 0.153 e. The third kappa shape index (κ3) is 3.81. The summed E-state index contributed by atoms with van der Waals surface area (Å²) in [6.45, 7) is 0. The molecule has 0 atom stereocenters. The maximum atomic E-state index is 13.7. The zero-order chi connectivity index (χ0) is 15.2. The van der Waals surface area contributed by atoms with Gasteiger partial charge in [-0.2, -0.15) is 4.99 Å². The molecule has 0 radical (unpaired) electrons. The van der Waals surface area contributed by atoms with Crippen molar-refractivity contribution in [2.24, 2.45) is 4.99 Å². The fraction of sp³-hybridized carbons (Fsp3) is 0.0625. The molecule has 0 heterocycles. The van der Waals surface area contributed by atoms with Crippen LogP contribution in [0.4, 0.5) is 14.5 Å². The van der Waals surface area contributed by atoms with Gasteiger partial charge in [0.1, 0.15) is 11.4 Å². The number of aliphatic imine (C=N–C) groups is 1. The summed E-state index contributed by atoms with van der Waals surface area (Å²) in [6, 6.07) is 9.67. The molecule has 0 aliphatic carbocycles. The van der Waals surface area contributed by atoms with E-state index < -0.39 is 17.3 Å². The van der Waals surface area contributed by atoms with Crippen molar-refractivity contribution in [2.75, 3.05) is 7.11 Å². The van der Waals surface area contributed by atoms with Gasteiger partial charge in [-0.3, -0.25) is 0 Å². The standard InChI is InChI=1S/C16H11F2NOS/c1-20-13-6-4-11(5-7-13)2-3-12-8-14(17)16(19-10-21)15(18)9-12/h2-9H,1H3. The van der Waals surface area contributed by atoms with Crippen molar-refractivity contribution < 1.29 is 13.5 Å². The molecule has 0 fully saturated rings. The first-order chi connectivity index (χ1) is 10.1. The smallest absolute Gasteiger partial charge is 0.153 e. The van der Waals surface area contributed by atoms with Crippen molar-refractivity contribution in [3.8, 4) is 5.75 Å². The lowest BCUT2D eigenvalue weighted by Gasteiger charge is -2.01. The fourth-order valence-electron chi connectivity index (χ4n) is 1.74. The molecule has 5 heteroatoms. The van der Waals surface area contributed by atoms with Gasteiger partial charge in [-0.1, -0.05) is 24.3 Å². The van der Waals surface area contributed by atoms with Crippen LogP contribution in [-0.4, -0.2) is 12.3 Å². The van der Waals surface area contributed by atoms with Crippen LogP contribution in [0.1, 0.15) is 11.1 Å². The second kappa shape index (κ2) is 6.88. The molecule has 21 heavy (non-hydrogen) atoms. The molecule has 0 saturated heterocycles. The number of hydrogen-bond donors (Lipinski definition) is 0. The molecule has 2 aromatic rings. The van der Waals surface area contributed by atoms with E-state index in [1.54, 1.807) is 31.4 Å². The van der Waals surface area contributed by atoms with Crippen LogP contribution < -0.4 is 4.74 Å². The average Bonchev–Trinajstić information content (AvgIpc) is 2.49. The Balaban J connectivity index is 2.26. The van der Waals surface area contributed by atoms with E-state index in [1.807, 2.05) is 17.3 Å². The van der Waals surface area contributed by atoms with Crippen molar-refractivity contribution in [3.63, 3.8) is 0 Å². The summed E-state index contributed by atoms with van der Waals surface area (Å²) in [5.41, 5.74) is 0.855. The Labute approximate surface area is 126 Å². The highest BCUT2D eigenvalue weighted by molar-refractivity contribution is 7.78. The highest BCUT2D eigenvalue weighted by Gasteiger charge is 2.08. The third-order valence-corrected chi connectivity index (χ3v) is 2.87. The van der Waals surface area contributed by atoms with E-state index in [4.69, 9.17) is 4.74 Å². The average molecular weight is 303 g/mol. The maximum absolute atomic E-state index is 13.7. The van der Waals surface area contributed by atoms with E-state index >= 15 is 0 Å². The summed E-state index contributed by atoms with van der Waals surface area (Å²) in [5, 5.41) is 1.95. The van der Waals surface area contributed by atoms with Crippen LogP contribution in [0.5, 0.6) is 5.75 Å². The van der Waals surface area contributed by atoms with E-state index in [0.717, 1.165) is 11.3 Å². The van der Waals surface area contributed by atoms with Crippen LogP contribution in [0.3, 0.4) is 0 Å². The fourth-order valence-corrected chi connectivity index (χ4v) is 1.83. The molecule has 0 spiro atoms. The number of hydrogen-bond acceptors (Lipinski definition) is 3. The van der Waals surface area contributed by atoms with Crippen molar-refractivity contribution in [2.45, 2.75) is 0 Å². The molecule has 0 aliphatic rings. The molecule has 0 unspecified atom stereocenters. The van der Waals surface area contributed by atoms with Gasteiger partial charge < -0.3 is 4.74 Å². The van der Waals surface area contributed by atoms with Crippen molar-refractivity contribution in [1.82, 2.24) is 0 Å². The van der Waals surface area contributed by atoms with Crippen LogP contribution in [0.15, 0.2) is 41.4 Å². The van der Waals surface area contributed by atoms with E-state index in [2.05, 4.69) is 17.2 Å². The predicted molar refractivity (Wildman–Crippen MR) is 83.0 cm³/mol. The van der Waals surface area contributed by atoms with Gasteiger partial charge in [-0.05, 0) is 47.6 Å². The number of nitrogens with zero attached hydrogens (tertiary/aromatic N) is 1. The van der Waals surface area contributed by atoms with Crippen molar-refractivity contribution in [3.05, 3.63) is 59.2 Å². The molecule has 0 amide bonds. The van der Waals surface area contributed by atoms with Gasteiger partial charge in [0, 0.05) is 0 Å². The van der Waals surface area contributed by atoms with Gasteiger partial charge in [-0.15, -0.1) is 0 Å². The van der Waals surface area contributed by atoms with Crippen molar-refractivity contribution >= 4 is 35.2 Å². The Morgan fingerprint density at radius 2 is 1.62 bits per heavy atom. The van der Waals surface area contributed by atoms with E-state index in [-0.39, 0.29) is 0 Å². The molecule has 0 aliphatic heterocycles. The summed E-state index contributed by atoms with van der Waals surface area (Å²) in [7, 11) is 1.58. The Kier molecular flexibility index (Phi) is 4.93. The van der Waals surface area contributed by atoms with Crippen LogP contribution in [0.25, 0.3) is 12.2 Å². The van der Waals surface area contributed by atoms with Gasteiger partial charge in [0.2, 0.25) is 0 Å². The predicted octanol–water partition coefficient (Wildman–Crippen LogP) is 4.88. The first-order valence-corrected chi connectivity index (χ1v) is 6.44.